The van der Waals surface area contributed by atoms with Crippen molar-refractivity contribution in [2.75, 3.05) is 0 Å². The number of ether oxygens (including phenoxy) is 1. The number of rotatable bonds is 3. The molecular formula is C14H12BrFO2. The molecule has 0 heterocycles. The van der Waals surface area contributed by atoms with Crippen LogP contribution in [0.1, 0.15) is 11.1 Å². The van der Waals surface area contributed by atoms with Crippen LogP contribution in [0.25, 0.3) is 0 Å². The molecule has 0 fully saturated rings. The average Bonchev–Trinajstić information content (AvgIpc) is 2.37. The van der Waals surface area contributed by atoms with Crippen LogP contribution < -0.4 is 4.74 Å². The summed E-state index contributed by atoms with van der Waals surface area (Å²) < 4.78 is 20.2. The minimum atomic E-state index is -0.385. The first-order valence-corrected chi connectivity index (χ1v) is 6.23. The SMILES string of the molecule is Cc1cccc(Oc2ccc(Br)cc2CO)c1F. The van der Waals surface area contributed by atoms with Crippen molar-refractivity contribution in [3.8, 4) is 11.5 Å². The van der Waals surface area contributed by atoms with Crippen LogP contribution in [0.15, 0.2) is 40.9 Å². The quantitative estimate of drug-likeness (QED) is 0.921. The van der Waals surface area contributed by atoms with E-state index in [0.717, 1.165) is 4.47 Å². The van der Waals surface area contributed by atoms with Crippen molar-refractivity contribution in [1.82, 2.24) is 0 Å². The normalized spacial score (nSPS) is 10.4. The van der Waals surface area contributed by atoms with Gasteiger partial charge in [0.05, 0.1) is 6.61 Å². The first kappa shape index (κ1) is 13.1. The highest BCUT2D eigenvalue weighted by Crippen LogP contribution is 2.30. The maximum absolute atomic E-state index is 13.8. The molecule has 0 aromatic heterocycles. The highest BCUT2D eigenvalue weighted by Gasteiger charge is 2.10. The summed E-state index contributed by atoms with van der Waals surface area (Å²) in [4.78, 5) is 0. The van der Waals surface area contributed by atoms with Crippen molar-refractivity contribution < 1.29 is 14.2 Å². The first-order valence-electron chi connectivity index (χ1n) is 5.44. The monoisotopic (exact) mass is 310 g/mol. The van der Waals surface area contributed by atoms with Gasteiger partial charge in [-0.3, -0.25) is 0 Å². The van der Waals surface area contributed by atoms with Crippen LogP contribution in [0.5, 0.6) is 11.5 Å². The molecule has 0 saturated heterocycles. The molecule has 2 aromatic carbocycles. The van der Waals surface area contributed by atoms with E-state index in [9.17, 15) is 9.50 Å². The summed E-state index contributed by atoms with van der Waals surface area (Å²) in [7, 11) is 0. The number of hydrogen-bond acceptors (Lipinski definition) is 2. The van der Waals surface area contributed by atoms with E-state index in [2.05, 4.69) is 15.9 Å². The van der Waals surface area contributed by atoms with E-state index in [1.807, 2.05) is 0 Å². The van der Waals surface area contributed by atoms with Gasteiger partial charge in [-0.25, -0.2) is 4.39 Å². The van der Waals surface area contributed by atoms with Crippen LogP contribution >= 0.6 is 15.9 Å². The lowest BCUT2D eigenvalue weighted by molar-refractivity contribution is 0.276. The molecule has 0 aliphatic rings. The molecule has 2 nitrogen and oxygen atoms in total. The van der Waals surface area contributed by atoms with Crippen LogP contribution in [-0.4, -0.2) is 5.11 Å². The van der Waals surface area contributed by atoms with Crippen LogP contribution in [0.2, 0.25) is 0 Å². The van der Waals surface area contributed by atoms with E-state index in [-0.39, 0.29) is 18.2 Å². The second kappa shape index (κ2) is 5.50. The molecule has 4 heteroatoms. The van der Waals surface area contributed by atoms with E-state index in [1.165, 1.54) is 0 Å². The number of halogens is 2. The molecule has 0 amide bonds. The van der Waals surface area contributed by atoms with Gasteiger partial charge in [0.2, 0.25) is 0 Å². The summed E-state index contributed by atoms with van der Waals surface area (Å²) in [6.07, 6.45) is 0. The highest BCUT2D eigenvalue weighted by atomic mass is 79.9. The van der Waals surface area contributed by atoms with Gasteiger partial charge in [0.1, 0.15) is 5.75 Å². The van der Waals surface area contributed by atoms with Gasteiger partial charge in [-0.05, 0) is 36.8 Å². The predicted molar refractivity (Wildman–Crippen MR) is 71.3 cm³/mol. The summed E-state index contributed by atoms with van der Waals surface area (Å²) in [5, 5.41) is 9.25. The van der Waals surface area contributed by atoms with Gasteiger partial charge in [-0.1, -0.05) is 28.1 Å². The third-order valence-corrected chi connectivity index (χ3v) is 3.06. The van der Waals surface area contributed by atoms with E-state index in [4.69, 9.17) is 4.74 Å². The molecular weight excluding hydrogens is 299 g/mol. The minimum Gasteiger partial charge on any atom is -0.454 e. The van der Waals surface area contributed by atoms with Gasteiger partial charge < -0.3 is 9.84 Å². The van der Waals surface area contributed by atoms with Crippen molar-refractivity contribution in [2.24, 2.45) is 0 Å². The molecule has 18 heavy (non-hydrogen) atoms. The number of aryl methyl sites for hydroxylation is 1. The molecule has 0 saturated carbocycles. The van der Waals surface area contributed by atoms with Crippen LogP contribution in [-0.2, 0) is 6.61 Å². The lowest BCUT2D eigenvalue weighted by Gasteiger charge is -2.11. The lowest BCUT2D eigenvalue weighted by Crippen LogP contribution is -1.95. The molecule has 1 N–H and O–H groups in total. The Morgan fingerprint density at radius 3 is 2.72 bits per heavy atom. The van der Waals surface area contributed by atoms with E-state index < -0.39 is 0 Å². The van der Waals surface area contributed by atoms with E-state index >= 15 is 0 Å². The zero-order chi connectivity index (χ0) is 13.1. The Labute approximate surface area is 113 Å². The number of aliphatic hydroxyl groups is 1. The summed E-state index contributed by atoms with van der Waals surface area (Å²) >= 11 is 3.31. The fourth-order valence-electron chi connectivity index (χ4n) is 1.59. The Kier molecular flexibility index (Phi) is 3.99. The first-order chi connectivity index (χ1) is 8.61. The molecule has 94 valence electrons. The molecule has 0 aliphatic carbocycles. The lowest BCUT2D eigenvalue weighted by atomic mass is 10.2. The average molecular weight is 311 g/mol. The van der Waals surface area contributed by atoms with Gasteiger partial charge in [-0.2, -0.15) is 0 Å². The standard InChI is InChI=1S/C14H12BrFO2/c1-9-3-2-4-13(14(9)16)18-12-6-5-11(15)7-10(12)8-17/h2-7,17H,8H2,1H3. The van der Waals surface area contributed by atoms with E-state index in [1.54, 1.807) is 43.3 Å². The van der Waals surface area contributed by atoms with Gasteiger partial charge >= 0.3 is 0 Å². The summed E-state index contributed by atoms with van der Waals surface area (Å²) in [5.41, 5.74) is 1.13. The maximum atomic E-state index is 13.8. The van der Waals surface area contributed by atoms with Gasteiger partial charge in [0.25, 0.3) is 0 Å². The fraction of sp³-hybridized carbons (Fsp3) is 0.143. The molecule has 0 bridgehead atoms. The van der Waals surface area contributed by atoms with Crippen molar-refractivity contribution in [1.29, 1.82) is 0 Å². The Morgan fingerprint density at radius 1 is 1.22 bits per heavy atom. The second-order valence-corrected chi connectivity index (χ2v) is 4.81. The Balaban J connectivity index is 2.37. The van der Waals surface area contributed by atoms with Gasteiger partial charge in [-0.15, -0.1) is 0 Å². The smallest absolute Gasteiger partial charge is 0.168 e. The molecule has 2 rings (SSSR count). The van der Waals surface area contributed by atoms with Crippen LogP contribution in [0, 0.1) is 12.7 Å². The topological polar surface area (TPSA) is 29.5 Å². The third-order valence-electron chi connectivity index (χ3n) is 2.57. The molecule has 0 aliphatic heterocycles. The van der Waals surface area contributed by atoms with Crippen molar-refractivity contribution >= 4 is 15.9 Å². The largest absolute Gasteiger partial charge is 0.454 e. The summed E-state index contributed by atoms with van der Waals surface area (Å²) in [5.74, 6) is 0.224. The maximum Gasteiger partial charge on any atom is 0.168 e. The summed E-state index contributed by atoms with van der Waals surface area (Å²) in [6, 6.07) is 10.2. The third kappa shape index (κ3) is 2.71. The minimum absolute atomic E-state index is 0.159. The molecule has 2 aromatic rings. The second-order valence-electron chi connectivity index (χ2n) is 3.90. The Hall–Kier alpha value is -1.39. The molecule has 0 unspecified atom stereocenters. The summed E-state index contributed by atoms with van der Waals surface area (Å²) in [6.45, 7) is 1.51. The zero-order valence-electron chi connectivity index (χ0n) is 9.78. The molecule has 0 atom stereocenters. The molecule has 0 radical (unpaired) electrons. The number of aliphatic hydroxyl groups excluding tert-OH is 1. The van der Waals surface area contributed by atoms with Crippen LogP contribution in [0.3, 0.4) is 0 Å². The fourth-order valence-corrected chi connectivity index (χ4v) is 2.00. The Morgan fingerprint density at radius 2 is 2.00 bits per heavy atom. The Bertz CT molecular complexity index is 570. The van der Waals surface area contributed by atoms with E-state index in [0.29, 0.717) is 16.9 Å². The van der Waals surface area contributed by atoms with Crippen LogP contribution in [0.4, 0.5) is 4.39 Å². The van der Waals surface area contributed by atoms with Gasteiger partial charge in [0.15, 0.2) is 11.6 Å². The van der Waals surface area contributed by atoms with Gasteiger partial charge in [0, 0.05) is 10.0 Å². The zero-order valence-corrected chi connectivity index (χ0v) is 11.4. The van der Waals surface area contributed by atoms with Crippen molar-refractivity contribution in [3.63, 3.8) is 0 Å². The van der Waals surface area contributed by atoms with Crippen molar-refractivity contribution in [2.45, 2.75) is 13.5 Å². The molecule has 0 spiro atoms. The predicted octanol–water partition coefficient (Wildman–Crippen LogP) is 4.18. The van der Waals surface area contributed by atoms with Crippen molar-refractivity contribution in [3.05, 3.63) is 57.8 Å². The number of benzene rings is 2. The highest BCUT2D eigenvalue weighted by molar-refractivity contribution is 9.10. The number of hydrogen-bond donors (Lipinski definition) is 1.